The van der Waals surface area contributed by atoms with Crippen molar-refractivity contribution >= 4 is 6.98 Å². The van der Waals surface area contributed by atoms with Crippen LogP contribution in [-0.2, 0) is 13.0 Å². The Morgan fingerprint density at radius 3 is 2.44 bits per heavy atom. The number of halogens is 3. The molecule has 0 saturated heterocycles. The van der Waals surface area contributed by atoms with Crippen LogP contribution in [0.25, 0.3) is 0 Å². The topological polar surface area (TPSA) is 54.9 Å². The van der Waals surface area contributed by atoms with E-state index in [-0.39, 0.29) is 56.9 Å². The number of aromatic nitrogens is 2. The van der Waals surface area contributed by atoms with Crippen molar-refractivity contribution in [3.05, 3.63) is 44.6 Å². The van der Waals surface area contributed by atoms with Gasteiger partial charge in [0.1, 0.15) is 0 Å². The van der Waals surface area contributed by atoms with Crippen LogP contribution in [0.1, 0.15) is 12.5 Å². The van der Waals surface area contributed by atoms with E-state index >= 15 is 0 Å². The van der Waals surface area contributed by atoms with E-state index in [0.717, 1.165) is 10.8 Å². The Kier molecular flexibility index (Phi) is 6.87. The molecule has 1 heterocycles. The van der Waals surface area contributed by atoms with Crippen LogP contribution in [0.3, 0.4) is 0 Å². The molecule has 1 aromatic rings. The molecule has 0 bridgehead atoms. The second-order valence-electron chi connectivity index (χ2n) is 3.63. The number of nitrogens with zero attached hydrogens (tertiary/aromatic N) is 1. The molecule has 1 aromatic heterocycles. The summed E-state index contributed by atoms with van der Waals surface area (Å²) in [6.07, 6.45) is 1.47. The monoisotopic (exact) mass is 286 g/mol. The van der Waals surface area contributed by atoms with Gasteiger partial charge in [0.2, 0.25) is 0 Å². The number of aryl methyl sites for hydroxylation is 1. The first kappa shape index (κ1) is 17.9. The first-order valence-corrected chi connectivity index (χ1v) is 4.96. The Bertz CT molecular complexity index is 550. The maximum Gasteiger partial charge on any atom is 1.00 e. The van der Waals surface area contributed by atoms with Gasteiger partial charge in [-0.3, -0.25) is 14.3 Å². The summed E-state index contributed by atoms with van der Waals surface area (Å²) < 4.78 is 37.7. The summed E-state index contributed by atoms with van der Waals surface area (Å²) in [5.74, 6) is 0. The minimum Gasteiger partial charge on any atom is -0.445 e. The molecular formula is C9H11BF3KN2O2. The summed E-state index contributed by atoms with van der Waals surface area (Å²) in [4.78, 5) is 24.4. The van der Waals surface area contributed by atoms with Crippen LogP contribution in [0, 0.1) is 0 Å². The van der Waals surface area contributed by atoms with E-state index in [1.165, 1.54) is 0 Å². The van der Waals surface area contributed by atoms with Gasteiger partial charge < -0.3 is 12.9 Å². The normalized spacial score (nSPS) is 10.9. The molecule has 0 saturated carbocycles. The summed E-state index contributed by atoms with van der Waals surface area (Å²) in [6.45, 7) is -1.28. The van der Waals surface area contributed by atoms with Crippen LogP contribution in [-0.4, -0.2) is 16.5 Å². The Labute approximate surface area is 144 Å². The molecule has 0 atom stereocenters. The molecule has 0 aliphatic carbocycles. The van der Waals surface area contributed by atoms with Crippen molar-refractivity contribution in [1.82, 2.24) is 9.55 Å². The molecule has 94 valence electrons. The fraction of sp³-hybridized carbons (Fsp3) is 0.333. The molecule has 9 heteroatoms. The number of aromatic amines is 1. The largest absolute Gasteiger partial charge is 1.00 e. The molecule has 4 nitrogen and oxygen atoms in total. The van der Waals surface area contributed by atoms with Gasteiger partial charge >= 0.3 is 64.1 Å². The molecule has 1 N–H and O–H groups in total. The van der Waals surface area contributed by atoms with Crippen molar-refractivity contribution in [2.75, 3.05) is 0 Å². The zero-order valence-electron chi connectivity index (χ0n) is 10.2. The summed E-state index contributed by atoms with van der Waals surface area (Å²) in [5.41, 5.74) is -2.17. The molecule has 0 aliphatic heterocycles. The van der Waals surface area contributed by atoms with Crippen LogP contribution in [0.5, 0.6) is 0 Å². The molecule has 18 heavy (non-hydrogen) atoms. The van der Waals surface area contributed by atoms with Gasteiger partial charge in [0.05, 0.1) is 0 Å². The van der Waals surface area contributed by atoms with Crippen molar-refractivity contribution in [3.8, 4) is 0 Å². The Balaban J connectivity index is 0.00000289. The van der Waals surface area contributed by atoms with E-state index in [1.54, 1.807) is 6.92 Å². The molecular weight excluding hydrogens is 275 g/mol. The molecule has 0 amide bonds. The zero-order valence-corrected chi connectivity index (χ0v) is 13.3. The van der Waals surface area contributed by atoms with E-state index in [1.807, 2.05) is 4.98 Å². The fourth-order valence-corrected chi connectivity index (χ4v) is 1.25. The predicted molar refractivity (Wildman–Crippen MR) is 58.9 cm³/mol. The van der Waals surface area contributed by atoms with Gasteiger partial charge in [-0.2, -0.15) is 0 Å². The molecule has 0 aliphatic rings. The molecule has 1 rings (SSSR count). The summed E-state index contributed by atoms with van der Waals surface area (Å²) in [6, 6.07) is 0. The van der Waals surface area contributed by atoms with Gasteiger partial charge in [0, 0.05) is 18.3 Å². The Morgan fingerprint density at radius 2 is 2.00 bits per heavy atom. The molecule has 0 radical (unpaired) electrons. The van der Waals surface area contributed by atoms with Crippen LogP contribution >= 0.6 is 0 Å². The van der Waals surface area contributed by atoms with Gasteiger partial charge in [0.25, 0.3) is 5.56 Å². The summed E-state index contributed by atoms with van der Waals surface area (Å²) >= 11 is 0. The first-order valence-electron chi connectivity index (χ1n) is 4.96. The molecule has 0 fully saturated rings. The smallest absolute Gasteiger partial charge is 0.445 e. The number of rotatable bonds is 4. The third-order valence-corrected chi connectivity index (χ3v) is 2.30. The second-order valence-corrected chi connectivity index (χ2v) is 3.63. The average Bonchev–Trinajstić information content (AvgIpc) is 2.20. The van der Waals surface area contributed by atoms with E-state index in [4.69, 9.17) is 0 Å². The standard InChI is InChI=1S/C9H11BF3N2O2.K/c1-3-7-5-15(9(17)14-8(7)16)4-6(2)10(11,12)13;/h5H,2-4H2,1H3,(H,14,16,17);/q-1;+1. The van der Waals surface area contributed by atoms with Crippen molar-refractivity contribution in [2.24, 2.45) is 0 Å². The minimum absolute atomic E-state index is 0. The van der Waals surface area contributed by atoms with E-state index in [2.05, 4.69) is 6.58 Å². The van der Waals surface area contributed by atoms with Crippen LogP contribution in [0.4, 0.5) is 12.9 Å². The fourth-order valence-electron chi connectivity index (χ4n) is 1.25. The first-order chi connectivity index (χ1) is 7.75. The molecule has 0 aromatic carbocycles. The van der Waals surface area contributed by atoms with Gasteiger partial charge in [-0.15, -0.1) is 12.1 Å². The van der Waals surface area contributed by atoms with Gasteiger partial charge in [0.15, 0.2) is 0 Å². The maximum absolute atomic E-state index is 12.3. The number of hydrogen-bond donors (Lipinski definition) is 1. The number of nitrogens with one attached hydrogen (secondary N) is 1. The molecule has 0 unspecified atom stereocenters. The van der Waals surface area contributed by atoms with Gasteiger partial charge in [-0.1, -0.05) is 6.92 Å². The van der Waals surface area contributed by atoms with Crippen molar-refractivity contribution in [3.63, 3.8) is 0 Å². The zero-order chi connectivity index (χ0) is 13.2. The van der Waals surface area contributed by atoms with Crippen molar-refractivity contribution in [1.29, 1.82) is 0 Å². The SMILES string of the molecule is C=C(Cn1cc(CC)c(=O)[nH]c1=O)[B-](F)(F)F.[K+]. The van der Waals surface area contributed by atoms with Gasteiger partial charge in [-0.05, 0) is 6.42 Å². The summed E-state index contributed by atoms with van der Waals surface area (Å²) in [5, 5.41) is 0. The second kappa shape index (κ2) is 6.90. The Morgan fingerprint density at radius 1 is 1.44 bits per heavy atom. The number of H-pyrrole nitrogens is 1. The van der Waals surface area contributed by atoms with Crippen LogP contribution < -0.4 is 62.6 Å². The van der Waals surface area contributed by atoms with Gasteiger partial charge in [-0.25, -0.2) is 4.79 Å². The van der Waals surface area contributed by atoms with E-state index in [9.17, 15) is 22.5 Å². The van der Waals surface area contributed by atoms with Crippen molar-refractivity contribution < 1.29 is 64.3 Å². The minimum atomic E-state index is -5.18. The maximum atomic E-state index is 12.3. The predicted octanol–water partition coefficient (Wildman–Crippen LogP) is -1.95. The summed E-state index contributed by atoms with van der Waals surface area (Å²) in [7, 11) is 0. The molecule has 0 spiro atoms. The average molecular weight is 286 g/mol. The third-order valence-electron chi connectivity index (χ3n) is 2.30. The Hall–Kier alpha value is -0.0887. The van der Waals surface area contributed by atoms with E-state index < -0.39 is 30.2 Å². The number of hydrogen-bond acceptors (Lipinski definition) is 2. The van der Waals surface area contributed by atoms with Crippen molar-refractivity contribution in [2.45, 2.75) is 19.9 Å². The third kappa shape index (κ3) is 4.54. The quantitative estimate of drug-likeness (QED) is 0.654. The number of allylic oxidation sites excluding steroid dienone is 1. The van der Waals surface area contributed by atoms with Crippen LogP contribution in [0.2, 0.25) is 0 Å². The van der Waals surface area contributed by atoms with E-state index in [0.29, 0.717) is 6.42 Å². The van der Waals surface area contributed by atoms with Crippen LogP contribution in [0.15, 0.2) is 27.8 Å².